The lowest BCUT2D eigenvalue weighted by atomic mass is 9.72. The van der Waals surface area contributed by atoms with Crippen LogP contribution >= 0.6 is 11.8 Å². The summed E-state index contributed by atoms with van der Waals surface area (Å²) in [5, 5.41) is 24.3. The van der Waals surface area contributed by atoms with Gasteiger partial charge >= 0.3 is 0 Å². The summed E-state index contributed by atoms with van der Waals surface area (Å²) in [6.45, 7) is 4.74. The number of aliphatic hydroxyl groups excluding tert-OH is 2. The first kappa shape index (κ1) is 26.6. The van der Waals surface area contributed by atoms with Gasteiger partial charge in [0.1, 0.15) is 12.5 Å². The second kappa shape index (κ2) is 10.9. The molecule has 0 saturated carbocycles. The number of fused-ring (bicyclic) bond motifs is 2. The van der Waals surface area contributed by atoms with Crippen LogP contribution in [0.25, 0.3) is 0 Å². The Labute approximate surface area is 237 Å². The van der Waals surface area contributed by atoms with E-state index in [1.54, 1.807) is 12.5 Å². The number of piperidine rings is 4. The van der Waals surface area contributed by atoms with E-state index >= 15 is 0 Å². The molecule has 5 aliphatic heterocycles. The summed E-state index contributed by atoms with van der Waals surface area (Å²) in [6.07, 6.45) is 16.8. The van der Waals surface area contributed by atoms with Crippen molar-refractivity contribution in [1.29, 1.82) is 0 Å². The van der Waals surface area contributed by atoms with Crippen molar-refractivity contribution in [1.82, 2.24) is 9.80 Å². The quantitative estimate of drug-likeness (QED) is 0.451. The third kappa shape index (κ3) is 4.64. The number of hydrogen-bond donors (Lipinski definition) is 2. The summed E-state index contributed by atoms with van der Waals surface area (Å²) in [5.41, 5.74) is 2.43. The van der Waals surface area contributed by atoms with Crippen LogP contribution in [0.3, 0.4) is 0 Å². The van der Waals surface area contributed by atoms with E-state index in [-0.39, 0.29) is 18.0 Å². The molecule has 39 heavy (non-hydrogen) atoms. The van der Waals surface area contributed by atoms with Crippen molar-refractivity contribution in [2.75, 3.05) is 5.75 Å². The first-order valence-electron chi connectivity index (χ1n) is 15.6. The second-order valence-electron chi connectivity index (χ2n) is 13.5. The van der Waals surface area contributed by atoms with Crippen LogP contribution in [-0.2, 0) is 0 Å². The molecular weight excluding hydrogens is 508 g/mol. The Morgan fingerprint density at radius 1 is 0.718 bits per heavy atom. The Bertz CT molecular complexity index is 994. The van der Waals surface area contributed by atoms with Gasteiger partial charge in [-0.1, -0.05) is 13.8 Å². The van der Waals surface area contributed by atoms with Gasteiger partial charge in [-0.3, -0.25) is 9.80 Å². The van der Waals surface area contributed by atoms with Gasteiger partial charge in [-0.05, 0) is 93.4 Å². The normalized spacial score (nSPS) is 45.6. The van der Waals surface area contributed by atoms with Crippen LogP contribution in [0.5, 0.6) is 0 Å². The molecule has 5 aliphatic rings. The topological polar surface area (TPSA) is 73.2 Å². The highest BCUT2D eigenvalue weighted by Crippen LogP contribution is 2.53. The minimum atomic E-state index is -0.406. The zero-order valence-corrected chi connectivity index (χ0v) is 24.3. The highest BCUT2D eigenvalue weighted by atomic mass is 32.2. The van der Waals surface area contributed by atoms with E-state index in [1.807, 2.05) is 12.5 Å². The lowest BCUT2D eigenvalue weighted by Crippen LogP contribution is -2.58. The molecule has 0 bridgehead atoms. The number of rotatable bonds is 4. The molecule has 7 heteroatoms. The van der Waals surface area contributed by atoms with Crippen LogP contribution in [0.15, 0.2) is 46.0 Å². The third-order valence-corrected chi connectivity index (χ3v) is 13.1. The fraction of sp³-hybridized carbons (Fsp3) is 0.750. The minimum Gasteiger partial charge on any atom is -0.472 e. The predicted octanol–water partition coefficient (Wildman–Crippen LogP) is 6.43. The Morgan fingerprint density at radius 3 is 1.79 bits per heavy atom. The van der Waals surface area contributed by atoms with Crippen molar-refractivity contribution < 1.29 is 19.0 Å². The molecule has 2 aromatic heterocycles. The second-order valence-corrected chi connectivity index (χ2v) is 14.7. The van der Waals surface area contributed by atoms with Gasteiger partial charge < -0.3 is 19.0 Å². The maximum Gasteiger partial charge on any atom is 0.112 e. The molecule has 0 aliphatic carbocycles. The molecule has 2 N–H and O–H groups in total. The molecule has 0 radical (unpaired) electrons. The van der Waals surface area contributed by atoms with Gasteiger partial charge in [-0.25, -0.2) is 0 Å². The van der Waals surface area contributed by atoms with E-state index in [0.717, 1.165) is 37.9 Å². The van der Waals surface area contributed by atoms with Gasteiger partial charge in [0, 0.05) is 52.4 Å². The monoisotopic (exact) mass is 554 g/mol. The van der Waals surface area contributed by atoms with Crippen LogP contribution in [0, 0.1) is 29.6 Å². The van der Waals surface area contributed by atoms with Crippen LogP contribution in [-0.4, -0.2) is 55.6 Å². The van der Waals surface area contributed by atoms with E-state index < -0.39 is 12.5 Å². The SMILES string of the molecule is CC1CCC(c2ccoc2)N2C(O)C(C3CSC(C4CCC5C(C)CCC(c6ccoc6)N5C4O)C3)CCC12. The first-order chi connectivity index (χ1) is 19.0. The standard InChI is InChI=1S/C32H46N2O4S/c1-19-3-7-28(21-11-13-37-16-21)33-26(19)9-5-24(31(33)35)23-15-30(39-18-23)25-6-10-27-20(2)4-8-29(34(27)32(25)36)22-12-14-38-17-22/h11-14,16-17,19-20,23-32,35-36H,3-10,15,18H2,1-2H3. The molecule has 0 amide bonds. The summed E-state index contributed by atoms with van der Waals surface area (Å²) in [6, 6.07) is 5.59. The molecule has 7 heterocycles. The third-order valence-electron chi connectivity index (χ3n) is 11.6. The summed E-state index contributed by atoms with van der Waals surface area (Å²) >= 11 is 2.07. The Morgan fingerprint density at radius 2 is 1.26 bits per heavy atom. The van der Waals surface area contributed by atoms with Crippen LogP contribution in [0.2, 0.25) is 0 Å². The smallest absolute Gasteiger partial charge is 0.112 e. The Kier molecular flexibility index (Phi) is 7.42. The Hall–Kier alpha value is -1.25. The lowest BCUT2D eigenvalue weighted by Gasteiger charge is -2.54. The van der Waals surface area contributed by atoms with Gasteiger partial charge in [-0.15, -0.1) is 0 Å². The molecule has 6 nitrogen and oxygen atoms in total. The molecule has 0 aromatic carbocycles. The molecular formula is C32H46N2O4S. The Balaban J connectivity index is 1.06. The van der Waals surface area contributed by atoms with Crippen molar-refractivity contribution in [2.24, 2.45) is 29.6 Å². The minimum absolute atomic E-state index is 0.253. The summed E-state index contributed by atoms with van der Waals surface area (Å²) < 4.78 is 10.9. The van der Waals surface area contributed by atoms with Crippen molar-refractivity contribution in [3.8, 4) is 0 Å². The van der Waals surface area contributed by atoms with Crippen LogP contribution < -0.4 is 0 Å². The highest BCUT2D eigenvalue weighted by molar-refractivity contribution is 8.00. The molecule has 12 atom stereocenters. The summed E-state index contributed by atoms with van der Waals surface area (Å²) in [4.78, 5) is 4.93. The van der Waals surface area contributed by atoms with Crippen molar-refractivity contribution in [3.05, 3.63) is 48.3 Å². The number of hydrogen-bond acceptors (Lipinski definition) is 7. The van der Waals surface area contributed by atoms with Gasteiger partial charge in [0.25, 0.3) is 0 Å². The van der Waals surface area contributed by atoms with E-state index in [2.05, 4.69) is 47.5 Å². The average Bonchev–Trinajstić information content (AvgIpc) is 3.73. The fourth-order valence-electron chi connectivity index (χ4n) is 9.41. The zero-order chi connectivity index (χ0) is 26.7. The maximum atomic E-state index is 11.9. The van der Waals surface area contributed by atoms with Crippen molar-refractivity contribution >= 4 is 11.8 Å². The van der Waals surface area contributed by atoms with Gasteiger partial charge in [0.05, 0.1) is 25.1 Å². The van der Waals surface area contributed by atoms with Gasteiger partial charge in [0.15, 0.2) is 0 Å². The summed E-state index contributed by atoms with van der Waals surface area (Å²) in [5.74, 6) is 3.44. The molecule has 2 aromatic rings. The zero-order valence-electron chi connectivity index (χ0n) is 23.5. The lowest BCUT2D eigenvalue weighted by molar-refractivity contribution is -0.159. The molecule has 5 fully saturated rings. The average molecular weight is 555 g/mol. The molecule has 12 unspecified atom stereocenters. The molecule has 7 rings (SSSR count). The van der Waals surface area contributed by atoms with E-state index in [1.165, 1.54) is 36.8 Å². The van der Waals surface area contributed by atoms with Crippen molar-refractivity contribution in [2.45, 2.75) is 114 Å². The van der Waals surface area contributed by atoms with E-state index in [4.69, 9.17) is 8.83 Å². The number of aliphatic hydroxyl groups is 2. The van der Waals surface area contributed by atoms with E-state index in [0.29, 0.717) is 41.0 Å². The maximum absolute atomic E-state index is 11.9. The summed E-state index contributed by atoms with van der Waals surface area (Å²) in [7, 11) is 0. The largest absolute Gasteiger partial charge is 0.472 e. The van der Waals surface area contributed by atoms with Crippen molar-refractivity contribution in [3.63, 3.8) is 0 Å². The van der Waals surface area contributed by atoms with Gasteiger partial charge in [0.2, 0.25) is 0 Å². The fourth-order valence-corrected chi connectivity index (χ4v) is 11.2. The molecule has 0 spiro atoms. The predicted molar refractivity (Wildman–Crippen MR) is 153 cm³/mol. The first-order valence-corrected chi connectivity index (χ1v) is 16.6. The van der Waals surface area contributed by atoms with Crippen LogP contribution in [0.1, 0.15) is 94.8 Å². The number of thioether (sulfide) groups is 1. The number of nitrogens with zero attached hydrogens (tertiary/aromatic N) is 2. The molecule has 214 valence electrons. The highest BCUT2D eigenvalue weighted by Gasteiger charge is 2.52. The van der Waals surface area contributed by atoms with E-state index in [9.17, 15) is 10.2 Å². The van der Waals surface area contributed by atoms with Gasteiger partial charge in [-0.2, -0.15) is 11.8 Å². The number of furan rings is 2. The van der Waals surface area contributed by atoms with Crippen LogP contribution in [0.4, 0.5) is 0 Å². The molecule has 5 saturated heterocycles.